The van der Waals surface area contributed by atoms with Gasteiger partial charge in [-0.05, 0) is 28.7 Å². The Hall–Kier alpha value is -3.35. The molecule has 1 atom stereocenters. The first-order valence-corrected chi connectivity index (χ1v) is 10.3. The first-order valence-electron chi connectivity index (χ1n) is 10.3. The van der Waals surface area contributed by atoms with E-state index in [1.54, 1.807) is 20.8 Å². The van der Waals surface area contributed by atoms with Gasteiger partial charge >= 0.3 is 12.1 Å². The first kappa shape index (κ1) is 22.3. The highest BCUT2D eigenvalue weighted by Gasteiger charge is 2.30. The molecule has 0 bridgehead atoms. The number of fused-ring (bicyclic) bond motifs is 3. The van der Waals surface area contributed by atoms with E-state index in [1.807, 2.05) is 48.5 Å². The summed E-state index contributed by atoms with van der Waals surface area (Å²) in [6, 6.07) is 14.8. The third-order valence-electron chi connectivity index (χ3n) is 5.33. The van der Waals surface area contributed by atoms with Crippen LogP contribution in [0.1, 0.15) is 44.2 Å². The minimum absolute atomic E-state index is 0.0569. The van der Waals surface area contributed by atoms with E-state index in [0.717, 1.165) is 22.3 Å². The molecule has 3 rings (SSSR count). The Bertz CT molecular complexity index is 934. The molecule has 2 aromatic rings. The molecule has 0 aliphatic heterocycles. The number of ether oxygens (including phenoxy) is 1. The fraction of sp³-hybridized carbons (Fsp3) is 0.375. The highest BCUT2D eigenvalue weighted by molar-refractivity contribution is 5.82. The van der Waals surface area contributed by atoms with E-state index < -0.39 is 23.5 Å². The molecule has 3 N–H and O–H groups in total. The molecule has 31 heavy (non-hydrogen) atoms. The minimum atomic E-state index is -1.18. The topological polar surface area (TPSA) is 105 Å². The lowest BCUT2D eigenvalue weighted by Crippen LogP contribution is -2.44. The van der Waals surface area contributed by atoms with Crippen LogP contribution in [0.4, 0.5) is 4.79 Å². The number of carbonyl (C=O) groups excluding carboxylic acids is 2. The van der Waals surface area contributed by atoms with E-state index in [1.165, 1.54) is 0 Å². The van der Waals surface area contributed by atoms with Crippen molar-refractivity contribution in [1.29, 1.82) is 0 Å². The van der Waals surface area contributed by atoms with Gasteiger partial charge in [-0.25, -0.2) is 9.59 Å². The lowest BCUT2D eigenvalue weighted by atomic mass is 9.95. The van der Waals surface area contributed by atoms with Crippen molar-refractivity contribution in [1.82, 2.24) is 10.6 Å². The van der Waals surface area contributed by atoms with Gasteiger partial charge in [-0.15, -0.1) is 0 Å². The zero-order valence-corrected chi connectivity index (χ0v) is 18.0. The Morgan fingerprint density at radius 1 is 1.00 bits per heavy atom. The molecule has 1 aliphatic carbocycles. The molecule has 0 spiro atoms. The van der Waals surface area contributed by atoms with Crippen LogP contribution >= 0.6 is 0 Å². The number of rotatable bonds is 7. The summed E-state index contributed by atoms with van der Waals surface area (Å²) in [5, 5.41) is 14.5. The van der Waals surface area contributed by atoms with Crippen LogP contribution in [-0.4, -0.2) is 42.3 Å². The maximum atomic E-state index is 12.3. The summed E-state index contributed by atoms with van der Waals surface area (Å²) in [6.45, 7) is 5.55. The van der Waals surface area contributed by atoms with Crippen molar-refractivity contribution < 1.29 is 24.2 Å². The molecule has 164 valence electrons. The Balaban J connectivity index is 1.57. The average Bonchev–Trinajstić information content (AvgIpc) is 3.04. The number of nitrogens with one attached hydrogen (secondary N) is 2. The molecule has 7 nitrogen and oxygen atoms in total. The number of aliphatic carboxylic acids is 1. The van der Waals surface area contributed by atoms with Gasteiger partial charge in [-0.3, -0.25) is 4.79 Å². The van der Waals surface area contributed by atoms with Crippen LogP contribution in [0, 0.1) is 5.41 Å². The van der Waals surface area contributed by atoms with E-state index in [4.69, 9.17) is 4.74 Å². The second-order valence-electron chi connectivity index (χ2n) is 8.66. The smallest absolute Gasteiger partial charge is 0.407 e. The molecular weight excluding hydrogens is 396 g/mol. The van der Waals surface area contributed by atoms with Crippen molar-refractivity contribution in [2.24, 2.45) is 5.41 Å². The molecule has 0 saturated carbocycles. The monoisotopic (exact) mass is 424 g/mol. The average molecular weight is 424 g/mol. The number of carbonyl (C=O) groups is 3. The number of carboxylic acid groups (broad SMARTS) is 1. The summed E-state index contributed by atoms with van der Waals surface area (Å²) in [5.41, 5.74) is 3.82. The summed E-state index contributed by atoms with van der Waals surface area (Å²) in [4.78, 5) is 35.7. The number of hydrogen-bond donors (Lipinski definition) is 3. The molecule has 0 heterocycles. The van der Waals surface area contributed by atoms with Crippen LogP contribution in [0.5, 0.6) is 0 Å². The Labute approximate surface area is 181 Å². The molecule has 2 aromatic carbocycles. The van der Waals surface area contributed by atoms with E-state index >= 15 is 0 Å². The number of benzene rings is 2. The quantitative estimate of drug-likeness (QED) is 0.631. The molecule has 0 aromatic heterocycles. The van der Waals surface area contributed by atoms with E-state index in [-0.39, 0.29) is 31.4 Å². The summed E-state index contributed by atoms with van der Waals surface area (Å²) >= 11 is 0. The van der Waals surface area contributed by atoms with Gasteiger partial charge in [0.25, 0.3) is 0 Å². The van der Waals surface area contributed by atoms with E-state index in [2.05, 4.69) is 10.6 Å². The highest BCUT2D eigenvalue weighted by Crippen LogP contribution is 2.44. The number of hydrogen-bond acceptors (Lipinski definition) is 4. The standard InChI is InChI=1S/C24H28N2O5/c1-24(2,3)22(29)25-13-12-20(21(27)28)26-23(30)31-14-19-17-10-6-4-8-15(17)16-9-5-7-11-18(16)19/h4-11,19-20H,12-14H2,1-3H3,(H,25,29)(H,26,30)(H,27,28). The predicted molar refractivity (Wildman–Crippen MR) is 117 cm³/mol. The zero-order valence-electron chi connectivity index (χ0n) is 18.0. The maximum Gasteiger partial charge on any atom is 0.407 e. The van der Waals surface area contributed by atoms with Gasteiger partial charge in [-0.1, -0.05) is 69.3 Å². The molecule has 2 amide bonds. The Kier molecular flexibility index (Phi) is 6.63. The van der Waals surface area contributed by atoms with Crippen LogP contribution in [-0.2, 0) is 14.3 Å². The van der Waals surface area contributed by atoms with Crippen LogP contribution < -0.4 is 10.6 Å². The van der Waals surface area contributed by atoms with Crippen LogP contribution in [0.15, 0.2) is 48.5 Å². The summed E-state index contributed by atoms with van der Waals surface area (Å²) < 4.78 is 5.40. The van der Waals surface area contributed by atoms with Gasteiger partial charge in [0.05, 0.1) is 0 Å². The van der Waals surface area contributed by atoms with Crippen molar-refractivity contribution >= 4 is 18.0 Å². The summed E-state index contributed by atoms with van der Waals surface area (Å²) in [5.74, 6) is -1.47. The lowest BCUT2D eigenvalue weighted by Gasteiger charge is -2.20. The van der Waals surface area contributed by atoms with Crippen molar-refractivity contribution in [3.05, 3.63) is 59.7 Å². The number of amides is 2. The van der Waals surface area contributed by atoms with Gasteiger partial charge in [0.1, 0.15) is 12.6 Å². The van der Waals surface area contributed by atoms with Crippen molar-refractivity contribution in [2.45, 2.75) is 39.2 Å². The fourth-order valence-electron chi connectivity index (χ4n) is 3.63. The Morgan fingerprint density at radius 3 is 2.06 bits per heavy atom. The van der Waals surface area contributed by atoms with Crippen LogP contribution in [0.25, 0.3) is 11.1 Å². The fourth-order valence-corrected chi connectivity index (χ4v) is 3.63. The number of carboxylic acids is 1. The molecule has 1 aliphatic rings. The van der Waals surface area contributed by atoms with Gasteiger partial charge in [-0.2, -0.15) is 0 Å². The van der Waals surface area contributed by atoms with Crippen molar-refractivity contribution in [3.8, 4) is 11.1 Å². The normalized spacial score (nSPS) is 13.6. The summed E-state index contributed by atoms with van der Waals surface area (Å²) in [6.07, 6.45) is -0.738. The van der Waals surface area contributed by atoms with E-state index in [0.29, 0.717) is 0 Å². The van der Waals surface area contributed by atoms with Gasteiger partial charge in [0.15, 0.2) is 0 Å². The molecule has 0 radical (unpaired) electrons. The second kappa shape index (κ2) is 9.20. The van der Waals surface area contributed by atoms with Crippen molar-refractivity contribution in [3.63, 3.8) is 0 Å². The molecule has 0 saturated heterocycles. The highest BCUT2D eigenvalue weighted by atomic mass is 16.5. The van der Waals surface area contributed by atoms with E-state index in [9.17, 15) is 19.5 Å². The summed E-state index contributed by atoms with van der Waals surface area (Å²) in [7, 11) is 0. The minimum Gasteiger partial charge on any atom is -0.480 e. The van der Waals surface area contributed by atoms with Gasteiger partial charge < -0.3 is 20.5 Å². The lowest BCUT2D eigenvalue weighted by molar-refractivity contribution is -0.139. The molecular formula is C24H28N2O5. The number of alkyl carbamates (subject to hydrolysis) is 1. The van der Waals surface area contributed by atoms with Gasteiger partial charge in [0.2, 0.25) is 5.91 Å². The Morgan fingerprint density at radius 2 is 1.55 bits per heavy atom. The van der Waals surface area contributed by atoms with Crippen molar-refractivity contribution in [2.75, 3.05) is 13.2 Å². The molecule has 7 heteroatoms. The van der Waals surface area contributed by atoms with Gasteiger partial charge in [0, 0.05) is 17.9 Å². The molecule has 0 fully saturated rings. The van der Waals surface area contributed by atoms with Crippen LogP contribution in [0.2, 0.25) is 0 Å². The second-order valence-corrected chi connectivity index (χ2v) is 8.66. The molecule has 1 unspecified atom stereocenters. The zero-order chi connectivity index (χ0) is 22.6. The van der Waals surface area contributed by atoms with Crippen LogP contribution in [0.3, 0.4) is 0 Å². The SMILES string of the molecule is CC(C)(C)C(=O)NCCC(NC(=O)OCC1c2ccccc2-c2ccccc21)C(=O)O. The predicted octanol–water partition coefficient (Wildman–Crippen LogP) is 3.53. The third kappa shape index (κ3) is 5.23. The first-order chi connectivity index (χ1) is 14.7. The third-order valence-corrected chi connectivity index (χ3v) is 5.33. The largest absolute Gasteiger partial charge is 0.480 e. The maximum absolute atomic E-state index is 12.3.